The molecule has 1 aromatic rings. The van der Waals surface area contributed by atoms with E-state index in [-0.39, 0.29) is 11.7 Å². The van der Waals surface area contributed by atoms with Gasteiger partial charge in [0, 0.05) is 24.6 Å². The van der Waals surface area contributed by atoms with Crippen molar-refractivity contribution in [2.24, 2.45) is 11.7 Å². The molecule has 0 saturated heterocycles. The second kappa shape index (κ2) is 5.94. The van der Waals surface area contributed by atoms with E-state index in [1.54, 1.807) is 0 Å². The van der Waals surface area contributed by atoms with Crippen molar-refractivity contribution in [2.45, 2.75) is 33.9 Å². The number of carbonyl (C=O) groups is 1. The number of hydrogen-bond donors (Lipinski definition) is 2. The van der Waals surface area contributed by atoms with Crippen molar-refractivity contribution in [2.75, 3.05) is 7.05 Å². The third-order valence-corrected chi connectivity index (χ3v) is 2.85. The van der Waals surface area contributed by atoms with Gasteiger partial charge in [-0.1, -0.05) is 26.0 Å². The van der Waals surface area contributed by atoms with Crippen LogP contribution in [-0.4, -0.2) is 12.8 Å². The summed E-state index contributed by atoms with van der Waals surface area (Å²) in [6.45, 7) is 7.03. The molecular weight excluding hydrogens is 212 g/mol. The first-order chi connectivity index (χ1) is 8.01. The van der Waals surface area contributed by atoms with Crippen LogP contribution in [-0.2, 0) is 13.1 Å². The molecular formula is C14H22N2O. The van der Waals surface area contributed by atoms with E-state index in [9.17, 15) is 4.79 Å². The summed E-state index contributed by atoms with van der Waals surface area (Å²) >= 11 is 0. The molecule has 3 N–H and O–H groups in total. The van der Waals surface area contributed by atoms with Gasteiger partial charge in [-0.25, -0.2) is 0 Å². The number of hydrogen-bond acceptors (Lipinski definition) is 3. The van der Waals surface area contributed by atoms with Crippen LogP contribution in [0.1, 0.15) is 40.9 Å². The lowest BCUT2D eigenvalue weighted by Gasteiger charge is -2.15. The summed E-state index contributed by atoms with van der Waals surface area (Å²) in [5.74, 6) is 0.188. The summed E-state index contributed by atoms with van der Waals surface area (Å²) in [5.41, 5.74) is 9.71. The Kier molecular flexibility index (Phi) is 4.85. The highest BCUT2D eigenvalue weighted by molar-refractivity contribution is 6.00. The Labute approximate surface area is 103 Å². The first-order valence-corrected chi connectivity index (χ1v) is 6.02. The minimum absolute atomic E-state index is 0.00847. The van der Waals surface area contributed by atoms with Gasteiger partial charge in [0.2, 0.25) is 0 Å². The molecule has 0 radical (unpaired) electrons. The second-order valence-corrected chi connectivity index (χ2v) is 4.70. The zero-order valence-corrected chi connectivity index (χ0v) is 11.1. The van der Waals surface area contributed by atoms with Crippen molar-refractivity contribution in [3.05, 3.63) is 34.4 Å². The summed E-state index contributed by atoms with van der Waals surface area (Å²) in [6, 6.07) is 4.09. The zero-order valence-electron chi connectivity index (χ0n) is 11.1. The molecule has 0 bridgehead atoms. The highest BCUT2D eigenvalue weighted by Gasteiger charge is 2.17. The van der Waals surface area contributed by atoms with Gasteiger partial charge in [0.25, 0.3) is 0 Å². The molecule has 94 valence electrons. The van der Waals surface area contributed by atoms with E-state index >= 15 is 0 Å². The van der Waals surface area contributed by atoms with Gasteiger partial charge in [-0.2, -0.15) is 0 Å². The van der Waals surface area contributed by atoms with Gasteiger partial charge in [0.15, 0.2) is 5.78 Å². The smallest absolute Gasteiger partial charge is 0.165 e. The molecule has 0 atom stereocenters. The number of benzene rings is 1. The van der Waals surface area contributed by atoms with Crippen molar-refractivity contribution >= 4 is 5.78 Å². The van der Waals surface area contributed by atoms with Crippen LogP contribution in [0.25, 0.3) is 0 Å². The summed E-state index contributed by atoms with van der Waals surface area (Å²) in [6.07, 6.45) is 0. The molecule has 17 heavy (non-hydrogen) atoms. The number of ketones is 1. The van der Waals surface area contributed by atoms with Crippen LogP contribution >= 0.6 is 0 Å². The molecule has 0 amide bonds. The lowest BCUT2D eigenvalue weighted by molar-refractivity contribution is 0.0938. The van der Waals surface area contributed by atoms with E-state index in [4.69, 9.17) is 5.73 Å². The molecule has 0 spiro atoms. The highest BCUT2D eigenvalue weighted by Crippen LogP contribution is 2.20. The standard InChI is InChI=1S/C14H22N2O/c1-9(2)14(17)13-10(3)5-11(8-16-4)6-12(13)7-15/h5-6,9,16H,7-8,15H2,1-4H3. The summed E-state index contributed by atoms with van der Waals surface area (Å²) in [5, 5.41) is 3.11. The van der Waals surface area contributed by atoms with Gasteiger partial charge in [-0.05, 0) is 30.7 Å². The number of nitrogens with one attached hydrogen (secondary N) is 1. The van der Waals surface area contributed by atoms with E-state index in [1.165, 1.54) is 5.56 Å². The lowest BCUT2D eigenvalue weighted by atomic mass is 9.90. The number of carbonyl (C=O) groups excluding carboxylic acids is 1. The van der Waals surface area contributed by atoms with Gasteiger partial charge in [-0.15, -0.1) is 0 Å². The Bertz CT molecular complexity index is 411. The third kappa shape index (κ3) is 3.14. The van der Waals surface area contributed by atoms with Crippen LogP contribution in [0.4, 0.5) is 0 Å². The SMILES string of the molecule is CNCc1cc(C)c(C(=O)C(C)C)c(CN)c1. The van der Waals surface area contributed by atoms with E-state index in [1.807, 2.05) is 33.9 Å². The molecule has 0 saturated carbocycles. The van der Waals surface area contributed by atoms with Gasteiger partial charge < -0.3 is 11.1 Å². The van der Waals surface area contributed by atoms with Crippen molar-refractivity contribution in [1.82, 2.24) is 5.32 Å². The normalized spacial score (nSPS) is 10.9. The molecule has 1 rings (SSSR count). The molecule has 0 heterocycles. The first kappa shape index (κ1) is 13.9. The predicted molar refractivity (Wildman–Crippen MR) is 71.0 cm³/mol. The van der Waals surface area contributed by atoms with Crippen LogP contribution in [0.2, 0.25) is 0 Å². The monoisotopic (exact) mass is 234 g/mol. The van der Waals surface area contributed by atoms with Crippen LogP contribution in [0, 0.1) is 12.8 Å². The fourth-order valence-corrected chi connectivity index (χ4v) is 2.05. The molecule has 0 aliphatic carbocycles. The van der Waals surface area contributed by atoms with E-state index in [0.29, 0.717) is 6.54 Å². The topological polar surface area (TPSA) is 55.1 Å². The minimum Gasteiger partial charge on any atom is -0.326 e. The van der Waals surface area contributed by atoms with Crippen LogP contribution in [0.5, 0.6) is 0 Å². The number of rotatable bonds is 5. The van der Waals surface area contributed by atoms with Crippen molar-refractivity contribution in [3.63, 3.8) is 0 Å². The Hall–Kier alpha value is -1.19. The summed E-state index contributed by atoms with van der Waals surface area (Å²) < 4.78 is 0. The second-order valence-electron chi connectivity index (χ2n) is 4.70. The fraction of sp³-hybridized carbons (Fsp3) is 0.500. The predicted octanol–water partition coefficient (Wildman–Crippen LogP) is 2.01. The van der Waals surface area contributed by atoms with Gasteiger partial charge >= 0.3 is 0 Å². The maximum Gasteiger partial charge on any atom is 0.165 e. The number of Topliss-reactive ketones (excluding diaryl/α,β-unsaturated/α-hetero) is 1. The van der Waals surface area contributed by atoms with Gasteiger partial charge in [0.1, 0.15) is 0 Å². The van der Waals surface area contributed by atoms with E-state index in [2.05, 4.69) is 11.4 Å². The van der Waals surface area contributed by atoms with Crippen LogP contribution < -0.4 is 11.1 Å². The van der Waals surface area contributed by atoms with Crippen LogP contribution in [0.3, 0.4) is 0 Å². The van der Waals surface area contributed by atoms with Crippen LogP contribution in [0.15, 0.2) is 12.1 Å². The average molecular weight is 234 g/mol. The van der Waals surface area contributed by atoms with Gasteiger partial charge in [-0.3, -0.25) is 4.79 Å². The molecule has 0 aliphatic rings. The highest BCUT2D eigenvalue weighted by atomic mass is 16.1. The van der Waals surface area contributed by atoms with E-state index in [0.717, 1.165) is 23.2 Å². The summed E-state index contributed by atoms with van der Waals surface area (Å²) in [7, 11) is 1.91. The van der Waals surface area contributed by atoms with E-state index < -0.39 is 0 Å². The maximum absolute atomic E-state index is 12.1. The Morgan fingerprint density at radius 1 is 1.41 bits per heavy atom. The van der Waals surface area contributed by atoms with Crippen molar-refractivity contribution < 1.29 is 4.79 Å². The molecule has 0 aliphatic heterocycles. The molecule has 1 aromatic carbocycles. The first-order valence-electron chi connectivity index (χ1n) is 6.02. The number of aryl methyl sites for hydroxylation is 1. The zero-order chi connectivity index (χ0) is 13.0. The minimum atomic E-state index is 0.00847. The van der Waals surface area contributed by atoms with Crippen molar-refractivity contribution in [3.8, 4) is 0 Å². The maximum atomic E-state index is 12.1. The third-order valence-electron chi connectivity index (χ3n) is 2.85. The Morgan fingerprint density at radius 3 is 2.53 bits per heavy atom. The van der Waals surface area contributed by atoms with Crippen molar-refractivity contribution in [1.29, 1.82) is 0 Å². The Balaban J connectivity index is 3.25. The number of nitrogens with two attached hydrogens (primary N) is 1. The van der Waals surface area contributed by atoms with Gasteiger partial charge in [0.05, 0.1) is 0 Å². The quantitative estimate of drug-likeness (QED) is 0.766. The molecule has 0 fully saturated rings. The fourth-order valence-electron chi connectivity index (χ4n) is 2.05. The molecule has 3 heteroatoms. The lowest BCUT2D eigenvalue weighted by Crippen LogP contribution is -2.16. The Morgan fingerprint density at radius 2 is 2.06 bits per heavy atom. The molecule has 3 nitrogen and oxygen atoms in total. The average Bonchev–Trinajstić information content (AvgIpc) is 2.27. The summed E-state index contributed by atoms with van der Waals surface area (Å²) in [4.78, 5) is 12.1. The molecule has 0 unspecified atom stereocenters. The largest absolute Gasteiger partial charge is 0.326 e. The molecule has 0 aromatic heterocycles.